The van der Waals surface area contributed by atoms with Crippen LogP contribution in [0.3, 0.4) is 0 Å². The van der Waals surface area contributed by atoms with Gasteiger partial charge in [0.25, 0.3) is 10.1 Å². The Kier molecular flexibility index (Phi) is 9.04. The number of nitrogens with one attached hydrogen (secondary N) is 1. The molecule has 0 saturated carbocycles. The maximum atomic E-state index is 12.9. The van der Waals surface area contributed by atoms with Crippen LogP contribution in [0.4, 0.5) is 0 Å². The van der Waals surface area contributed by atoms with Crippen molar-refractivity contribution in [3.63, 3.8) is 0 Å². The molecule has 2 unspecified atom stereocenters. The molecule has 0 radical (unpaired) electrons. The molecule has 0 aliphatic rings. The van der Waals surface area contributed by atoms with Crippen LogP contribution in [-0.4, -0.2) is 50.2 Å². The summed E-state index contributed by atoms with van der Waals surface area (Å²) in [6.45, 7) is 13.9. The maximum absolute atomic E-state index is 12.9. The molecule has 1 aromatic carbocycles. The van der Waals surface area contributed by atoms with Crippen LogP contribution in [0.1, 0.15) is 33.3 Å². The van der Waals surface area contributed by atoms with Gasteiger partial charge in [-0.05, 0) is 49.7 Å². The molecule has 0 aliphatic carbocycles. The molecule has 2 atom stereocenters. The molecule has 1 aromatic rings. The molecule has 0 heterocycles. The van der Waals surface area contributed by atoms with E-state index in [2.05, 4.69) is 38.6 Å². The van der Waals surface area contributed by atoms with Crippen LogP contribution in [0, 0.1) is 6.92 Å². The third-order valence-electron chi connectivity index (χ3n) is 5.11. The molecule has 0 spiro atoms. The molecule has 7 nitrogen and oxygen atoms in total. The summed E-state index contributed by atoms with van der Waals surface area (Å²) in [6.07, 6.45) is 3.55. The minimum Gasteiger partial charge on any atom is -0.412 e. The molecule has 0 saturated heterocycles. The Morgan fingerprint density at radius 3 is 2.27 bits per heavy atom. The van der Waals surface area contributed by atoms with Gasteiger partial charge in [-0.15, -0.1) is 0 Å². The molecule has 0 aromatic heterocycles. The first-order valence-electron chi connectivity index (χ1n) is 9.72. The summed E-state index contributed by atoms with van der Waals surface area (Å²) < 4.78 is 62.0. The second kappa shape index (κ2) is 10.1. The molecule has 0 aliphatic heterocycles. The normalized spacial score (nSPS) is 16.0. The van der Waals surface area contributed by atoms with Gasteiger partial charge in [-0.1, -0.05) is 45.1 Å². The van der Waals surface area contributed by atoms with Gasteiger partial charge >= 0.3 is 0 Å². The Hall–Kier alpha value is -1.04. The van der Waals surface area contributed by atoms with E-state index in [-0.39, 0.29) is 16.5 Å². The lowest BCUT2D eigenvalue weighted by molar-refractivity contribution is 0.179. The number of hydrogen-bond acceptors (Lipinski definition) is 6. The lowest BCUT2D eigenvalue weighted by Crippen LogP contribution is -2.50. The summed E-state index contributed by atoms with van der Waals surface area (Å²) >= 11 is 0. The van der Waals surface area contributed by atoms with E-state index in [9.17, 15) is 16.8 Å². The van der Waals surface area contributed by atoms with Crippen molar-refractivity contribution < 1.29 is 25.4 Å². The summed E-state index contributed by atoms with van der Waals surface area (Å²) in [7, 11) is -9.56. The highest BCUT2D eigenvalue weighted by molar-refractivity contribution is 7.89. The monoisotopic (exact) mass is 477 g/mol. The molecule has 0 amide bonds. The highest BCUT2D eigenvalue weighted by Crippen LogP contribution is 2.37. The molecule has 30 heavy (non-hydrogen) atoms. The van der Waals surface area contributed by atoms with E-state index in [0.29, 0.717) is 0 Å². The second-order valence-corrected chi connectivity index (χ2v) is 17.1. The first-order valence-corrected chi connectivity index (χ1v) is 15.9. The van der Waals surface area contributed by atoms with Gasteiger partial charge in [0.05, 0.1) is 29.9 Å². The van der Waals surface area contributed by atoms with E-state index in [1.54, 1.807) is 18.2 Å². The van der Waals surface area contributed by atoms with Crippen LogP contribution in [0.5, 0.6) is 0 Å². The van der Waals surface area contributed by atoms with Crippen molar-refractivity contribution in [3.8, 4) is 0 Å². The summed E-state index contributed by atoms with van der Waals surface area (Å²) in [5.41, 5.74) is 0.831. The number of benzene rings is 1. The van der Waals surface area contributed by atoms with Gasteiger partial charge in [0, 0.05) is 0 Å². The van der Waals surface area contributed by atoms with E-state index in [4.69, 9.17) is 8.61 Å². The van der Waals surface area contributed by atoms with E-state index in [1.165, 1.54) is 12.1 Å². The Morgan fingerprint density at radius 1 is 1.17 bits per heavy atom. The van der Waals surface area contributed by atoms with E-state index < -0.39 is 40.6 Å². The lowest BCUT2D eigenvalue weighted by Gasteiger charge is -2.40. The topological polar surface area (TPSA) is 98.8 Å². The predicted octanol–water partition coefficient (Wildman–Crippen LogP) is 3.58. The lowest BCUT2D eigenvalue weighted by atomic mass is 10.2. The van der Waals surface area contributed by atoms with Crippen molar-refractivity contribution in [1.82, 2.24) is 4.72 Å². The standard InChI is InChI=1S/C20H35NO6S2Si/c1-16-11-9-12-18(15-16)29(24,25)21-19(13-10-14-26-28(6,22)23)17(2)27-30(7,8)20(3,4)5/h9-13,15,17,19,21H,14H2,1-8H3/b13-10+. The van der Waals surface area contributed by atoms with Gasteiger partial charge in [0.1, 0.15) is 0 Å². The minimum atomic E-state index is -3.81. The molecule has 1 rings (SSSR count). The molecule has 10 heteroatoms. The molecular weight excluding hydrogens is 442 g/mol. The Morgan fingerprint density at radius 2 is 1.77 bits per heavy atom. The number of aryl methyl sites for hydroxylation is 1. The van der Waals surface area contributed by atoms with Crippen molar-refractivity contribution in [3.05, 3.63) is 42.0 Å². The van der Waals surface area contributed by atoms with Crippen LogP contribution in [0.2, 0.25) is 18.1 Å². The SMILES string of the molecule is Cc1cccc(S(=O)(=O)NC(/C=C/COS(C)(=O)=O)C(C)O[Si](C)(C)C(C)(C)C)c1. The Bertz CT molecular complexity index is 950. The summed E-state index contributed by atoms with van der Waals surface area (Å²) in [5, 5.41) is -0.0512. The summed E-state index contributed by atoms with van der Waals surface area (Å²) in [4.78, 5) is 0.160. The van der Waals surface area contributed by atoms with Crippen molar-refractivity contribution >= 4 is 28.5 Å². The third-order valence-corrected chi connectivity index (χ3v) is 11.7. The van der Waals surface area contributed by atoms with Crippen LogP contribution < -0.4 is 4.72 Å². The van der Waals surface area contributed by atoms with Crippen LogP contribution in [0.15, 0.2) is 41.3 Å². The van der Waals surface area contributed by atoms with Gasteiger partial charge in [-0.25, -0.2) is 13.1 Å². The van der Waals surface area contributed by atoms with Crippen LogP contribution in [0.25, 0.3) is 0 Å². The smallest absolute Gasteiger partial charge is 0.264 e. The van der Waals surface area contributed by atoms with Gasteiger partial charge in [0.2, 0.25) is 10.0 Å². The molecular formula is C20H35NO6S2Si. The molecule has 172 valence electrons. The molecule has 1 N–H and O–H groups in total. The van der Waals surface area contributed by atoms with E-state index in [0.717, 1.165) is 11.8 Å². The van der Waals surface area contributed by atoms with Crippen LogP contribution in [-0.2, 0) is 28.8 Å². The zero-order chi connectivity index (χ0) is 23.4. The quantitative estimate of drug-likeness (QED) is 0.314. The Labute approximate surface area is 183 Å². The van der Waals surface area contributed by atoms with Crippen LogP contribution >= 0.6 is 0 Å². The average Bonchev–Trinajstić information content (AvgIpc) is 2.55. The number of sulfonamides is 1. The zero-order valence-electron chi connectivity index (χ0n) is 19.1. The highest BCUT2D eigenvalue weighted by Gasteiger charge is 2.40. The fourth-order valence-electron chi connectivity index (χ4n) is 2.40. The van der Waals surface area contributed by atoms with Gasteiger partial charge in [0.15, 0.2) is 8.32 Å². The number of hydrogen-bond donors (Lipinski definition) is 1. The third kappa shape index (κ3) is 8.60. The second-order valence-electron chi connectivity index (χ2n) is 8.96. The van der Waals surface area contributed by atoms with Crippen molar-refractivity contribution in [1.29, 1.82) is 0 Å². The first kappa shape index (κ1) is 27.0. The van der Waals surface area contributed by atoms with Gasteiger partial charge in [-0.3, -0.25) is 4.18 Å². The van der Waals surface area contributed by atoms with Crippen molar-refractivity contribution in [2.24, 2.45) is 0 Å². The number of rotatable bonds is 10. The van der Waals surface area contributed by atoms with E-state index >= 15 is 0 Å². The largest absolute Gasteiger partial charge is 0.412 e. The fraction of sp³-hybridized carbons (Fsp3) is 0.600. The molecule has 0 bridgehead atoms. The van der Waals surface area contributed by atoms with Gasteiger partial charge in [-0.2, -0.15) is 8.42 Å². The van der Waals surface area contributed by atoms with E-state index in [1.807, 2.05) is 19.9 Å². The molecule has 0 fully saturated rings. The average molecular weight is 478 g/mol. The highest BCUT2D eigenvalue weighted by atomic mass is 32.2. The van der Waals surface area contributed by atoms with Crippen molar-refractivity contribution in [2.45, 2.75) is 69.8 Å². The van der Waals surface area contributed by atoms with Gasteiger partial charge < -0.3 is 4.43 Å². The maximum Gasteiger partial charge on any atom is 0.264 e. The fourth-order valence-corrected chi connectivity index (χ4v) is 5.52. The Balaban J connectivity index is 3.15. The van der Waals surface area contributed by atoms with Crippen molar-refractivity contribution in [2.75, 3.05) is 12.9 Å². The first-order chi connectivity index (χ1) is 13.4. The summed E-state index contributed by atoms with van der Waals surface area (Å²) in [6, 6.07) is 5.93. The minimum absolute atomic E-state index is 0.0512. The summed E-state index contributed by atoms with van der Waals surface area (Å²) in [5.74, 6) is 0. The predicted molar refractivity (Wildman–Crippen MR) is 123 cm³/mol. The zero-order valence-corrected chi connectivity index (χ0v) is 21.7.